The molecular formula is C30H46O6. The zero-order valence-electron chi connectivity index (χ0n) is 23.1. The summed E-state index contributed by atoms with van der Waals surface area (Å²) >= 11 is 0. The first kappa shape index (κ1) is 26.4. The second kappa shape index (κ2) is 7.45. The molecule has 4 saturated carbocycles. The van der Waals surface area contributed by atoms with Gasteiger partial charge in [-0.15, -0.1) is 0 Å². The van der Waals surface area contributed by atoms with Crippen LogP contribution in [0.15, 0.2) is 11.6 Å². The van der Waals surface area contributed by atoms with Crippen LogP contribution in [0.2, 0.25) is 0 Å². The summed E-state index contributed by atoms with van der Waals surface area (Å²) in [5.74, 6) is -1.73. The molecule has 4 fully saturated rings. The van der Waals surface area contributed by atoms with Crippen molar-refractivity contribution in [2.45, 2.75) is 111 Å². The van der Waals surface area contributed by atoms with Gasteiger partial charge in [-0.3, -0.25) is 9.59 Å². The number of rotatable bonds is 1. The third-order valence-corrected chi connectivity index (χ3v) is 13.4. The van der Waals surface area contributed by atoms with E-state index in [4.69, 9.17) is 0 Å². The molecule has 0 heterocycles. The van der Waals surface area contributed by atoms with Crippen LogP contribution in [0.5, 0.6) is 0 Å². The van der Waals surface area contributed by atoms with Crippen LogP contribution in [-0.2, 0) is 9.59 Å². The van der Waals surface area contributed by atoms with E-state index in [0.717, 1.165) is 24.8 Å². The van der Waals surface area contributed by atoms with Crippen molar-refractivity contribution in [3.63, 3.8) is 0 Å². The van der Waals surface area contributed by atoms with Crippen LogP contribution in [-0.4, -0.2) is 50.0 Å². The van der Waals surface area contributed by atoms with Crippen molar-refractivity contribution < 1.29 is 30.0 Å². The number of fused-ring (bicyclic) bond motifs is 7. The minimum absolute atomic E-state index is 0.00270. The second-order valence-corrected chi connectivity index (χ2v) is 14.7. The predicted molar refractivity (Wildman–Crippen MR) is 136 cm³/mol. The predicted octanol–water partition coefficient (Wildman–Crippen LogP) is 4.35. The molecule has 0 aromatic rings. The molecule has 5 rings (SSSR count). The zero-order valence-corrected chi connectivity index (χ0v) is 23.1. The van der Waals surface area contributed by atoms with Crippen LogP contribution in [0, 0.1) is 50.7 Å². The topological polar surface area (TPSA) is 115 Å². The third-order valence-electron chi connectivity index (χ3n) is 13.4. The molecule has 11 atom stereocenters. The Morgan fingerprint density at radius 3 is 2.17 bits per heavy atom. The lowest BCUT2D eigenvalue weighted by molar-refractivity contribution is -0.238. The quantitative estimate of drug-likeness (QED) is 0.396. The average Bonchev–Trinajstić information content (AvgIpc) is 2.79. The number of ketones is 1. The number of aliphatic hydroxyl groups excluding tert-OH is 2. The van der Waals surface area contributed by atoms with Crippen LogP contribution in [0.3, 0.4) is 0 Å². The minimum Gasteiger partial charge on any atom is -0.481 e. The van der Waals surface area contributed by atoms with E-state index in [-0.39, 0.29) is 28.6 Å². The van der Waals surface area contributed by atoms with Crippen LogP contribution in [0.4, 0.5) is 0 Å². The number of Topliss-reactive ketones (excluding diaryl/α,β-unsaturated/α-hetero) is 1. The Bertz CT molecular complexity index is 1030. The third kappa shape index (κ3) is 2.74. The number of carbonyl (C=O) groups excluding carboxylic acids is 1. The Morgan fingerprint density at radius 2 is 1.56 bits per heavy atom. The number of hydrogen-bond donors (Lipinski definition) is 4. The van der Waals surface area contributed by atoms with E-state index in [2.05, 4.69) is 26.8 Å². The number of hydrogen-bond acceptors (Lipinski definition) is 5. The van der Waals surface area contributed by atoms with Crippen LogP contribution >= 0.6 is 0 Å². The molecule has 0 bridgehead atoms. The normalized spacial score (nSPS) is 55.9. The first-order chi connectivity index (χ1) is 16.4. The smallest absolute Gasteiger partial charge is 0.310 e. The highest BCUT2D eigenvalue weighted by Gasteiger charge is 2.73. The molecule has 0 aromatic heterocycles. The van der Waals surface area contributed by atoms with E-state index in [0.29, 0.717) is 25.7 Å². The molecule has 0 aliphatic heterocycles. The molecule has 5 aliphatic carbocycles. The number of aliphatic hydroxyl groups is 3. The van der Waals surface area contributed by atoms with Gasteiger partial charge in [0.2, 0.25) is 0 Å². The summed E-state index contributed by atoms with van der Waals surface area (Å²) in [6.45, 7) is 14.4. The van der Waals surface area contributed by atoms with Gasteiger partial charge in [0, 0.05) is 16.7 Å². The molecular weight excluding hydrogens is 456 g/mol. The van der Waals surface area contributed by atoms with Gasteiger partial charge >= 0.3 is 5.97 Å². The van der Waals surface area contributed by atoms with Gasteiger partial charge in [-0.1, -0.05) is 53.2 Å². The molecule has 0 radical (unpaired) electrons. The molecule has 0 saturated heterocycles. The van der Waals surface area contributed by atoms with Crippen molar-refractivity contribution in [3.05, 3.63) is 11.6 Å². The highest BCUT2D eigenvalue weighted by molar-refractivity contribution is 5.90. The number of carboxylic acid groups (broad SMARTS) is 1. The maximum atomic E-state index is 13.2. The van der Waals surface area contributed by atoms with Gasteiger partial charge in [0.05, 0.1) is 11.0 Å². The van der Waals surface area contributed by atoms with E-state index in [1.807, 2.05) is 27.7 Å². The molecule has 6 nitrogen and oxygen atoms in total. The number of carbonyl (C=O) groups is 2. The molecule has 0 amide bonds. The number of allylic oxidation sites excluding steroid dienone is 1. The second-order valence-electron chi connectivity index (χ2n) is 14.7. The van der Waals surface area contributed by atoms with Gasteiger partial charge in [-0.05, 0) is 80.5 Å². The van der Waals surface area contributed by atoms with Crippen molar-refractivity contribution in [2.75, 3.05) is 0 Å². The highest BCUT2D eigenvalue weighted by Crippen LogP contribution is 2.75. The maximum absolute atomic E-state index is 13.2. The van der Waals surface area contributed by atoms with Gasteiger partial charge in [-0.25, -0.2) is 0 Å². The Kier molecular flexibility index (Phi) is 5.45. The first-order valence-corrected chi connectivity index (χ1v) is 14.0. The fourth-order valence-electron chi connectivity index (χ4n) is 10.7. The lowest BCUT2D eigenvalue weighted by Gasteiger charge is -2.72. The van der Waals surface area contributed by atoms with Crippen LogP contribution in [0.25, 0.3) is 0 Å². The van der Waals surface area contributed by atoms with Crippen molar-refractivity contribution >= 4 is 11.8 Å². The fourth-order valence-corrected chi connectivity index (χ4v) is 10.7. The fraction of sp³-hybridized carbons (Fsp3) is 0.867. The van der Waals surface area contributed by atoms with E-state index in [1.54, 1.807) is 0 Å². The molecule has 5 aliphatic rings. The van der Waals surface area contributed by atoms with E-state index >= 15 is 0 Å². The summed E-state index contributed by atoms with van der Waals surface area (Å²) < 4.78 is 0. The summed E-state index contributed by atoms with van der Waals surface area (Å²) in [7, 11) is 0. The van der Waals surface area contributed by atoms with Crippen molar-refractivity contribution in [2.24, 2.45) is 50.7 Å². The number of carboxylic acids is 1. The molecule has 202 valence electrons. The first-order valence-electron chi connectivity index (χ1n) is 14.0. The Labute approximate surface area is 215 Å². The van der Waals surface area contributed by atoms with Crippen molar-refractivity contribution in [1.29, 1.82) is 0 Å². The molecule has 36 heavy (non-hydrogen) atoms. The minimum atomic E-state index is -1.23. The van der Waals surface area contributed by atoms with E-state index < -0.39 is 51.7 Å². The van der Waals surface area contributed by atoms with Crippen LogP contribution in [0.1, 0.15) is 93.4 Å². The van der Waals surface area contributed by atoms with Gasteiger partial charge in [-0.2, -0.15) is 0 Å². The lowest BCUT2D eigenvalue weighted by atomic mass is 9.32. The summed E-state index contributed by atoms with van der Waals surface area (Å²) in [5, 5.41) is 44.7. The summed E-state index contributed by atoms with van der Waals surface area (Å²) in [6.07, 6.45) is 4.63. The van der Waals surface area contributed by atoms with E-state index in [1.165, 1.54) is 0 Å². The van der Waals surface area contributed by atoms with Gasteiger partial charge in [0.15, 0.2) is 5.78 Å². The SMILES string of the molecule is C[C@@H]1CC[C@]2(C(=O)O)CC[C@]3(C)C(=CC[C@@H]4[C@@]5(C)[C@@H](O)C(=O)[C@H](O)C(C)(C)[C@@H]5CC[C@]43C)[C@@H]2[C@]1(C)O. The van der Waals surface area contributed by atoms with Gasteiger partial charge < -0.3 is 20.4 Å². The van der Waals surface area contributed by atoms with Crippen LogP contribution < -0.4 is 0 Å². The lowest BCUT2D eigenvalue weighted by Crippen LogP contribution is -2.71. The average molecular weight is 503 g/mol. The largest absolute Gasteiger partial charge is 0.481 e. The molecule has 0 unspecified atom stereocenters. The zero-order chi connectivity index (χ0) is 26.9. The Morgan fingerprint density at radius 1 is 0.917 bits per heavy atom. The monoisotopic (exact) mass is 502 g/mol. The van der Waals surface area contributed by atoms with E-state index in [9.17, 15) is 30.0 Å². The summed E-state index contributed by atoms with van der Waals surface area (Å²) in [4.78, 5) is 26.0. The summed E-state index contributed by atoms with van der Waals surface area (Å²) in [6, 6.07) is 0. The Balaban J connectivity index is 1.68. The van der Waals surface area contributed by atoms with Gasteiger partial charge in [0.1, 0.15) is 12.2 Å². The van der Waals surface area contributed by atoms with Gasteiger partial charge in [0.25, 0.3) is 0 Å². The summed E-state index contributed by atoms with van der Waals surface area (Å²) in [5.41, 5.74) is -2.95. The molecule has 0 aromatic carbocycles. The van der Waals surface area contributed by atoms with Crippen molar-refractivity contribution in [1.82, 2.24) is 0 Å². The maximum Gasteiger partial charge on any atom is 0.310 e. The Hall–Kier alpha value is -1.24. The molecule has 4 N–H and O–H groups in total. The standard InChI is InChI=1S/C30H46O6/c1-16-10-13-30(24(34)35)15-14-26(4)17(21(30)29(16,7)36)8-9-19-27(26,5)12-11-18-25(2,3)22(32)20(31)23(33)28(18,19)6/h8,16,18-19,21-23,32-33,36H,9-15H2,1-7H3,(H,34,35)/t16-,18+,19+,21-,22+,23+,26-,27-,28+,29-,30+/m1/s1. The number of aliphatic carboxylic acids is 1. The molecule has 6 heteroatoms. The van der Waals surface area contributed by atoms with Crippen molar-refractivity contribution in [3.8, 4) is 0 Å². The molecule has 0 spiro atoms. The highest BCUT2D eigenvalue weighted by atomic mass is 16.4.